The molecule has 0 bridgehead atoms. The van der Waals surface area contributed by atoms with E-state index in [-0.39, 0.29) is 0 Å². The van der Waals surface area contributed by atoms with Gasteiger partial charge in [-0.1, -0.05) is 12.1 Å². The van der Waals surface area contributed by atoms with Crippen LogP contribution in [-0.4, -0.2) is 0 Å². The Kier molecular flexibility index (Phi) is 2.01. The van der Waals surface area contributed by atoms with E-state index in [9.17, 15) is 13.2 Å². The van der Waals surface area contributed by atoms with Gasteiger partial charge in [0, 0.05) is 0 Å². The molecule has 0 saturated carbocycles. The van der Waals surface area contributed by atoms with Gasteiger partial charge >= 0.3 is 6.18 Å². The molecule has 0 N–H and O–H groups in total. The third-order valence-electron chi connectivity index (χ3n) is 1.04. The molecule has 0 radical (unpaired) electrons. The smallest absolute Gasteiger partial charge is 0.165 e. The van der Waals surface area contributed by atoms with Crippen molar-refractivity contribution < 1.29 is 13.2 Å². The van der Waals surface area contributed by atoms with Crippen molar-refractivity contribution in [2.24, 2.45) is 0 Å². The quantitative estimate of drug-likeness (QED) is 0.577. The minimum Gasteiger partial charge on any atom is -0.165 e. The molecule has 0 aliphatic carbocycles. The van der Waals surface area contributed by atoms with Crippen LogP contribution < -0.4 is 0 Å². The monoisotopic (exact) mass is 176 g/mol. The molecular weight excluding hydrogens is 173 g/mol. The first-order valence-electron chi connectivity index (χ1n) is 2.70. The summed E-state index contributed by atoms with van der Waals surface area (Å²) in [5, 5.41) is 0. The molecule has 1 rings (SSSR count). The Morgan fingerprint density at radius 1 is 1.18 bits per heavy atom. The summed E-state index contributed by atoms with van der Waals surface area (Å²) >= 11 is 3.77. The Morgan fingerprint density at radius 3 is 2.18 bits per heavy atom. The topological polar surface area (TPSA) is 0 Å². The molecule has 0 aliphatic rings. The molecule has 0 fully saturated rings. The van der Waals surface area contributed by atoms with Crippen LogP contribution in [0.2, 0.25) is 0 Å². The molecule has 0 aliphatic heterocycles. The Morgan fingerprint density at radius 2 is 1.82 bits per heavy atom. The summed E-state index contributed by atoms with van der Waals surface area (Å²) < 4.78 is 35.5. The molecule has 0 saturated heterocycles. The van der Waals surface area contributed by atoms with E-state index in [0.29, 0.717) is 4.90 Å². The highest BCUT2D eigenvalue weighted by Gasteiger charge is 2.30. The maximum absolute atomic E-state index is 11.8. The fourth-order valence-electron chi connectivity index (χ4n) is 0.542. The van der Waals surface area contributed by atoms with Gasteiger partial charge in [0.05, 0.1) is 4.90 Å². The van der Waals surface area contributed by atoms with Gasteiger partial charge in [-0.3, -0.25) is 0 Å². The number of hydrogen-bond donors (Lipinski definition) is 1. The van der Waals surface area contributed by atoms with E-state index in [1.54, 1.807) is 0 Å². The van der Waals surface area contributed by atoms with Crippen LogP contribution in [0, 0.1) is 12.1 Å². The molecule has 58 valence electrons. The van der Waals surface area contributed by atoms with Crippen molar-refractivity contribution in [3.05, 3.63) is 29.8 Å². The first-order chi connectivity index (χ1) is 5.00. The lowest BCUT2D eigenvalue weighted by molar-refractivity contribution is -0.137. The number of rotatable bonds is 0. The minimum atomic E-state index is -4.34. The zero-order chi connectivity index (χ0) is 8.48. The summed E-state index contributed by atoms with van der Waals surface area (Å²) in [7, 11) is 0. The molecule has 0 spiro atoms. The standard InChI is InChI=1S/C7H3F3S/c8-7(9,10)5-1-3-6(11)4-2-5/h1,3,11H. The highest BCUT2D eigenvalue weighted by Crippen LogP contribution is 2.27. The zero-order valence-electron chi connectivity index (χ0n) is 5.24. The lowest BCUT2D eigenvalue weighted by atomic mass is 10.2. The van der Waals surface area contributed by atoms with Crippen LogP contribution in [0.3, 0.4) is 0 Å². The summed E-state index contributed by atoms with van der Waals surface area (Å²) in [5.41, 5.74) is -0.824. The van der Waals surface area contributed by atoms with Gasteiger partial charge in [-0.2, -0.15) is 13.2 Å². The van der Waals surface area contributed by atoms with Gasteiger partial charge in [0.25, 0.3) is 0 Å². The van der Waals surface area contributed by atoms with Crippen LogP contribution in [0.1, 0.15) is 5.56 Å². The van der Waals surface area contributed by atoms with Crippen molar-refractivity contribution in [2.45, 2.75) is 11.1 Å². The van der Waals surface area contributed by atoms with E-state index in [4.69, 9.17) is 0 Å². The Hall–Kier alpha value is -0.820. The summed E-state index contributed by atoms with van der Waals surface area (Å²) in [6, 6.07) is 6.32. The fourth-order valence-corrected chi connectivity index (χ4v) is 0.673. The van der Waals surface area contributed by atoms with Crippen molar-refractivity contribution in [1.29, 1.82) is 0 Å². The average molecular weight is 176 g/mol. The SMILES string of the molecule is FC(F)(F)c1c#cc(S)cc1. The van der Waals surface area contributed by atoms with Gasteiger partial charge in [0.2, 0.25) is 0 Å². The van der Waals surface area contributed by atoms with E-state index < -0.39 is 11.7 Å². The number of hydrogen-bond acceptors (Lipinski definition) is 1. The molecule has 0 aromatic heterocycles. The van der Waals surface area contributed by atoms with Crippen molar-refractivity contribution in [3.63, 3.8) is 0 Å². The molecule has 11 heavy (non-hydrogen) atoms. The third kappa shape index (κ3) is 2.05. The largest absolute Gasteiger partial charge is 0.424 e. The maximum Gasteiger partial charge on any atom is 0.424 e. The van der Waals surface area contributed by atoms with E-state index >= 15 is 0 Å². The molecule has 0 nitrogen and oxygen atoms in total. The molecule has 1 aromatic rings. The summed E-state index contributed by atoms with van der Waals surface area (Å²) in [6.07, 6.45) is -4.34. The maximum atomic E-state index is 11.8. The van der Waals surface area contributed by atoms with E-state index in [1.165, 1.54) is 6.07 Å². The highest BCUT2D eigenvalue weighted by molar-refractivity contribution is 7.80. The molecule has 0 unspecified atom stereocenters. The van der Waals surface area contributed by atoms with Crippen molar-refractivity contribution in [3.8, 4) is 0 Å². The summed E-state index contributed by atoms with van der Waals surface area (Å²) in [6.45, 7) is 0. The molecule has 0 amide bonds. The van der Waals surface area contributed by atoms with Gasteiger partial charge in [-0.05, 0) is 12.1 Å². The van der Waals surface area contributed by atoms with Crippen LogP contribution in [-0.2, 0) is 6.18 Å². The van der Waals surface area contributed by atoms with Crippen molar-refractivity contribution in [2.75, 3.05) is 0 Å². The lowest BCUT2D eigenvalue weighted by Gasteiger charge is -2.01. The molecule has 0 atom stereocenters. The second kappa shape index (κ2) is 2.67. The van der Waals surface area contributed by atoms with Crippen LogP contribution >= 0.6 is 12.6 Å². The molecule has 0 heterocycles. The molecular formula is C7H3F3S. The minimum absolute atomic E-state index is 0.345. The number of halogens is 3. The van der Waals surface area contributed by atoms with Gasteiger partial charge in [-0.15, -0.1) is 12.6 Å². The molecule has 4 heteroatoms. The van der Waals surface area contributed by atoms with Gasteiger partial charge in [0.1, 0.15) is 5.56 Å². The third-order valence-corrected chi connectivity index (χ3v) is 1.30. The zero-order valence-corrected chi connectivity index (χ0v) is 6.13. The lowest BCUT2D eigenvalue weighted by Crippen LogP contribution is -2.03. The van der Waals surface area contributed by atoms with Crippen LogP contribution in [0.5, 0.6) is 0 Å². The van der Waals surface area contributed by atoms with Gasteiger partial charge in [-0.25, -0.2) is 0 Å². The second-order valence-electron chi connectivity index (χ2n) is 1.88. The normalized spacial score (nSPS) is 10.9. The Labute approximate surface area is 67.4 Å². The first kappa shape index (κ1) is 8.28. The predicted octanol–water partition coefficient (Wildman–Crippen LogP) is 2.59. The van der Waals surface area contributed by atoms with Crippen molar-refractivity contribution >= 4 is 12.6 Å². The van der Waals surface area contributed by atoms with E-state index in [1.807, 2.05) is 6.07 Å². The first-order valence-corrected chi connectivity index (χ1v) is 3.15. The number of alkyl halides is 3. The van der Waals surface area contributed by atoms with Gasteiger partial charge < -0.3 is 0 Å². The van der Waals surface area contributed by atoms with E-state index in [2.05, 4.69) is 18.7 Å². The Balaban J connectivity index is 2.99. The van der Waals surface area contributed by atoms with Crippen LogP contribution in [0.15, 0.2) is 17.0 Å². The summed E-state index contributed by atoms with van der Waals surface area (Å²) in [5.74, 6) is 0. The van der Waals surface area contributed by atoms with E-state index in [0.717, 1.165) is 6.07 Å². The average Bonchev–Trinajstić information content (AvgIpc) is 1.86. The highest BCUT2D eigenvalue weighted by atomic mass is 32.1. The van der Waals surface area contributed by atoms with Gasteiger partial charge in [0.15, 0.2) is 0 Å². The molecule has 1 aromatic carbocycles. The number of thiol groups is 1. The van der Waals surface area contributed by atoms with Crippen LogP contribution in [0.4, 0.5) is 13.2 Å². The summed E-state index contributed by atoms with van der Waals surface area (Å²) in [4.78, 5) is 0.345. The fraction of sp³-hybridized carbons (Fsp3) is 0.143. The predicted molar refractivity (Wildman–Crippen MR) is 36.4 cm³/mol. The van der Waals surface area contributed by atoms with Crippen molar-refractivity contribution in [1.82, 2.24) is 0 Å². The van der Waals surface area contributed by atoms with Crippen LogP contribution in [0.25, 0.3) is 0 Å². The Bertz CT molecular complexity index is 237. The second-order valence-corrected chi connectivity index (χ2v) is 2.36.